The zero-order chi connectivity index (χ0) is 7.90. The maximum atomic E-state index is 5.36. The Morgan fingerprint density at radius 2 is 2.45 bits per heavy atom. The molecule has 2 unspecified atom stereocenters. The van der Waals surface area contributed by atoms with Crippen LogP contribution in [-0.2, 0) is 5.54 Å². The zero-order valence-electron chi connectivity index (χ0n) is 6.92. The van der Waals surface area contributed by atoms with Crippen LogP contribution in [0.4, 0.5) is 0 Å². The van der Waals surface area contributed by atoms with Gasteiger partial charge in [0.25, 0.3) is 0 Å². The standard InChI is InChI=1S/C9H13NO/c1-7-6-9(7,10-2)8-4-3-5-11-8/h3-5,7,10H,6H2,1-2H3. The van der Waals surface area contributed by atoms with Gasteiger partial charge in [0.15, 0.2) is 0 Å². The van der Waals surface area contributed by atoms with Gasteiger partial charge in [0.1, 0.15) is 5.76 Å². The van der Waals surface area contributed by atoms with E-state index in [0.717, 1.165) is 5.76 Å². The molecule has 0 spiro atoms. The predicted octanol–water partition coefficient (Wildman–Crippen LogP) is 1.73. The fraction of sp³-hybridized carbons (Fsp3) is 0.556. The first kappa shape index (κ1) is 6.92. The maximum Gasteiger partial charge on any atom is 0.124 e. The number of hydrogen-bond acceptors (Lipinski definition) is 2. The third kappa shape index (κ3) is 0.824. The molecule has 0 saturated heterocycles. The Balaban J connectivity index is 2.28. The summed E-state index contributed by atoms with van der Waals surface area (Å²) in [6.45, 7) is 2.24. The van der Waals surface area contributed by atoms with E-state index in [1.807, 2.05) is 19.2 Å². The Morgan fingerprint density at radius 3 is 2.82 bits per heavy atom. The second kappa shape index (κ2) is 2.11. The molecule has 1 aliphatic carbocycles. The van der Waals surface area contributed by atoms with Crippen molar-refractivity contribution in [2.45, 2.75) is 18.9 Å². The van der Waals surface area contributed by atoms with Gasteiger partial charge in [0, 0.05) is 0 Å². The van der Waals surface area contributed by atoms with Gasteiger partial charge in [-0.05, 0) is 31.5 Å². The maximum absolute atomic E-state index is 5.36. The molecule has 2 atom stereocenters. The molecule has 1 heterocycles. The highest BCUT2D eigenvalue weighted by atomic mass is 16.3. The molecule has 1 aromatic heterocycles. The summed E-state index contributed by atoms with van der Waals surface area (Å²) in [7, 11) is 1.99. The molecule has 0 aromatic carbocycles. The van der Waals surface area contributed by atoms with Gasteiger partial charge >= 0.3 is 0 Å². The van der Waals surface area contributed by atoms with Crippen molar-refractivity contribution in [1.29, 1.82) is 0 Å². The smallest absolute Gasteiger partial charge is 0.124 e. The molecule has 60 valence electrons. The molecule has 1 aliphatic rings. The largest absolute Gasteiger partial charge is 0.467 e. The van der Waals surface area contributed by atoms with E-state index in [4.69, 9.17) is 4.42 Å². The molecule has 11 heavy (non-hydrogen) atoms. The van der Waals surface area contributed by atoms with Crippen LogP contribution < -0.4 is 5.32 Å². The molecule has 0 bridgehead atoms. The number of nitrogens with one attached hydrogen (secondary N) is 1. The Hall–Kier alpha value is -0.760. The minimum absolute atomic E-state index is 0.156. The Kier molecular flexibility index (Phi) is 1.33. The molecule has 2 rings (SSSR count). The first-order valence-corrected chi connectivity index (χ1v) is 4.02. The Morgan fingerprint density at radius 1 is 1.73 bits per heavy atom. The minimum atomic E-state index is 0.156. The predicted molar refractivity (Wildman–Crippen MR) is 43.2 cm³/mol. The molecule has 2 heteroatoms. The van der Waals surface area contributed by atoms with Crippen LogP contribution >= 0.6 is 0 Å². The van der Waals surface area contributed by atoms with E-state index in [9.17, 15) is 0 Å². The summed E-state index contributed by atoms with van der Waals surface area (Å²) >= 11 is 0. The molecule has 1 saturated carbocycles. The van der Waals surface area contributed by atoms with Crippen molar-refractivity contribution in [3.63, 3.8) is 0 Å². The van der Waals surface area contributed by atoms with Crippen LogP contribution in [-0.4, -0.2) is 7.05 Å². The van der Waals surface area contributed by atoms with Crippen molar-refractivity contribution in [2.24, 2.45) is 5.92 Å². The van der Waals surface area contributed by atoms with E-state index in [1.54, 1.807) is 6.26 Å². The second-order valence-corrected chi connectivity index (χ2v) is 3.30. The molecule has 0 amide bonds. The highest BCUT2D eigenvalue weighted by Crippen LogP contribution is 2.51. The molecule has 1 fully saturated rings. The summed E-state index contributed by atoms with van der Waals surface area (Å²) in [5.41, 5.74) is 0.156. The first-order chi connectivity index (χ1) is 5.29. The average molecular weight is 151 g/mol. The lowest BCUT2D eigenvalue weighted by Crippen LogP contribution is -2.25. The first-order valence-electron chi connectivity index (χ1n) is 4.02. The summed E-state index contributed by atoms with van der Waals surface area (Å²) in [5, 5.41) is 3.31. The van der Waals surface area contributed by atoms with E-state index < -0.39 is 0 Å². The van der Waals surface area contributed by atoms with Crippen LogP contribution in [0.25, 0.3) is 0 Å². The fourth-order valence-electron chi connectivity index (χ4n) is 1.77. The third-order valence-electron chi connectivity index (χ3n) is 2.72. The monoisotopic (exact) mass is 151 g/mol. The SMILES string of the molecule is CNC1(c2ccco2)CC1C. The lowest BCUT2D eigenvalue weighted by atomic mass is 10.1. The lowest BCUT2D eigenvalue weighted by Gasteiger charge is -2.11. The van der Waals surface area contributed by atoms with E-state index in [1.165, 1.54) is 6.42 Å². The van der Waals surface area contributed by atoms with Gasteiger partial charge in [-0.2, -0.15) is 0 Å². The van der Waals surface area contributed by atoms with E-state index in [-0.39, 0.29) is 5.54 Å². The fourth-order valence-corrected chi connectivity index (χ4v) is 1.77. The van der Waals surface area contributed by atoms with Crippen molar-refractivity contribution in [2.75, 3.05) is 7.05 Å². The Bertz CT molecular complexity index is 238. The van der Waals surface area contributed by atoms with Crippen LogP contribution in [0, 0.1) is 5.92 Å². The second-order valence-electron chi connectivity index (χ2n) is 3.30. The molecule has 0 aliphatic heterocycles. The number of furan rings is 1. The summed E-state index contributed by atoms with van der Waals surface area (Å²) < 4.78 is 5.36. The van der Waals surface area contributed by atoms with Crippen LogP contribution in [0.2, 0.25) is 0 Å². The van der Waals surface area contributed by atoms with Gasteiger partial charge in [0.2, 0.25) is 0 Å². The van der Waals surface area contributed by atoms with Gasteiger partial charge in [-0.1, -0.05) is 6.92 Å². The van der Waals surface area contributed by atoms with Gasteiger partial charge in [-0.25, -0.2) is 0 Å². The van der Waals surface area contributed by atoms with Gasteiger partial charge in [-0.3, -0.25) is 0 Å². The summed E-state index contributed by atoms with van der Waals surface area (Å²) in [5.74, 6) is 1.78. The number of hydrogen-bond donors (Lipinski definition) is 1. The van der Waals surface area contributed by atoms with Crippen molar-refractivity contribution in [3.05, 3.63) is 24.2 Å². The minimum Gasteiger partial charge on any atom is -0.467 e. The molecular formula is C9H13NO. The topological polar surface area (TPSA) is 25.2 Å². The summed E-state index contributed by atoms with van der Waals surface area (Å²) in [4.78, 5) is 0. The van der Waals surface area contributed by atoms with Crippen molar-refractivity contribution < 1.29 is 4.42 Å². The van der Waals surface area contributed by atoms with Gasteiger partial charge in [0.05, 0.1) is 11.8 Å². The third-order valence-corrected chi connectivity index (χ3v) is 2.72. The quantitative estimate of drug-likeness (QED) is 0.696. The van der Waals surface area contributed by atoms with Gasteiger partial charge in [-0.15, -0.1) is 0 Å². The normalized spacial score (nSPS) is 35.6. The van der Waals surface area contributed by atoms with Crippen LogP contribution in [0.5, 0.6) is 0 Å². The molecule has 0 radical (unpaired) electrons. The zero-order valence-corrected chi connectivity index (χ0v) is 6.92. The van der Waals surface area contributed by atoms with Crippen LogP contribution in [0.15, 0.2) is 22.8 Å². The van der Waals surface area contributed by atoms with Crippen molar-refractivity contribution in [1.82, 2.24) is 5.32 Å². The molecule has 1 N–H and O–H groups in total. The van der Waals surface area contributed by atoms with Crippen LogP contribution in [0.1, 0.15) is 19.1 Å². The molecular weight excluding hydrogens is 138 g/mol. The van der Waals surface area contributed by atoms with Gasteiger partial charge < -0.3 is 9.73 Å². The highest BCUT2D eigenvalue weighted by molar-refractivity contribution is 5.23. The molecule has 1 aromatic rings. The van der Waals surface area contributed by atoms with Crippen molar-refractivity contribution in [3.8, 4) is 0 Å². The average Bonchev–Trinajstić information content (AvgIpc) is 2.55. The van der Waals surface area contributed by atoms with Crippen LogP contribution in [0.3, 0.4) is 0 Å². The van der Waals surface area contributed by atoms with E-state index in [2.05, 4.69) is 12.2 Å². The van der Waals surface area contributed by atoms with E-state index >= 15 is 0 Å². The molecule has 2 nitrogen and oxygen atoms in total. The summed E-state index contributed by atoms with van der Waals surface area (Å²) in [6.07, 6.45) is 2.93. The number of rotatable bonds is 2. The Labute approximate surface area is 66.6 Å². The highest BCUT2D eigenvalue weighted by Gasteiger charge is 2.53. The van der Waals surface area contributed by atoms with E-state index in [0.29, 0.717) is 5.92 Å². The van der Waals surface area contributed by atoms with Crippen molar-refractivity contribution >= 4 is 0 Å². The summed E-state index contributed by atoms with van der Waals surface area (Å²) in [6, 6.07) is 3.99. The lowest BCUT2D eigenvalue weighted by molar-refractivity contribution is 0.399.